The minimum absolute atomic E-state index is 0.367. The molecule has 3 nitrogen and oxygen atoms in total. The first-order valence-electron chi connectivity index (χ1n) is 4.52. The summed E-state index contributed by atoms with van der Waals surface area (Å²) in [7, 11) is 0. The second-order valence-corrected chi connectivity index (χ2v) is 3.38. The third-order valence-electron chi connectivity index (χ3n) is 2.31. The highest BCUT2D eigenvalue weighted by atomic mass is 19.1. The van der Waals surface area contributed by atoms with E-state index in [9.17, 15) is 4.39 Å². The summed E-state index contributed by atoms with van der Waals surface area (Å²) in [4.78, 5) is 7.86. The van der Waals surface area contributed by atoms with Crippen LogP contribution in [0.5, 0.6) is 0 Å². The quantitative estimate of drug-likeness (QED) is 0.732. The monoisotopic (exact) mass is 181 g/mol. The molecule has 0 bridgehead atoms. The second-order valence-electron chi connectivity index (χ2n) is 3.38. The maximum absolute atomic E-state index is 12.5. The van der Waals surface area contributed by atoms with Gasteiger partial charge in [0.25, 0.3) is 0 Å². The van der Waals surface area contributed by atoms with Crippen LogP contribution in [0.4, 0.5) is 4.39 Å². The summed E-state index contributed by atoms with van der Waals surface area (Å²) in [5, 5.41) is 3.27. The summed E-state index contributed by atoms with van der Waals surface area (Å²) in [5.74, 6) is 0.994. The molecule has 1 saturated heterocycles. The summed E-state index contributed by atoms with van der Waals surface area (Å²) >= 11 is 0. The fourth-order valence-electron chi connectivity index (χ4n) is 1.59. The highest BCUT2D eigenvalue weighted by Gasteiger charge is 2.15. The van der Waals surface area contributed by atoms with Crippen LogP contribution >= 0.6 is 0 Å². The molecule has 2 heterocycles. The highest BCUT2D eigenvalue weighted by Crippen LogP contribution is 2.11. The maximum Gasteiger partial charge on any atom is 0.159 e. The molecule has 0 spiro atoms. The number of aromatic nitrogens is 2. The van der Waals surface area contributed by atoms with Gasteiger partial charge in [0, 0.05) is 6.42 Å². The van der Waals surface area contributed by atoms with Crippen molar-refractivity contribution in [3.05, 3.63) is 24.0 Å². The molecule has 1 aromatic heterocycles. The van der Waals surface area contributed by atoms with E-state index in [0.717, 1.165) is 25.3 Å². The number of hydrogen-bond donors (Lipinski definition) is 1. The molecule has 0 saturated carbocycles. The first-order chi connectivity index (χ1) is 6.34. The van der Waals surface area contributed by atoms with Gasteiger partial charge in [0.15, 0.2) is 5.82 Å². The Labute approximate surface area is 76.4 Å². The molecule has 13 heavy (non-hydrogen) atoms. The lowest BCUT2D eigenvalue weighted by Gasteiger charge is -2.05. The van der Waals surface area contributed by atoms with E-state index in [-0.39, 0.29) is 5.82 Å². The predicted molar refractivity (Wildman–Crippen MR) is 46.7 cm³/mol. The van der Waals surface area contributed by atoms with Crippen LogP contribution in [0.15, 0.2) is 12.4 Å². The van der Waals surface area contributed by atoms with Crippen molar-refractivity contribution in [2.45, 2.75) is 12.8 Å². The van der Waals surface area contributed by atoms with Crippen LogP contribution in [-0.2, 0) is 6.42 Å². The molecule has 0 amide bonds. The van der Waals surface area contributed by atoms with E-state index < -0.39 is 0 Å². The lowest BCUT2D eigenvalue weighted by Crippen LogP contribution is -2.12. The summed E-state index contributed by atoms with van der Waals surface area (Å²) in [6, 6.07) is 0. The van der Waals surface area contributed by atoms with Crippen molar-refractivity contribution >= 4 is 0 Å². The van der Waals surface area contributed by atoms with Gasteiger partial charge in [0.05, 0.1) is 12.4 Å². The minimum atomic E-state index is -0.367. The Balaban J connectivity index is 1.97. The highest BCUT2D eigenvalue weighted by molar-refractivity contribution is 4.93. The van der Waals surface area contributed by atoms with Gasteiger partial charge in [-0.15, -0.1) is 0 Å². The van der Waals surface area contributed by atoms with E-state index >= 15 is 0 Å². The van der Waals surface area contributed by atoms with E-state index in [1.807, 2.05) is 0 Å². The van der Waals surface area contributed by atoms with Gasteiger partial charge in [-0.05, 0) is 25.4 Å². The number of halogens is 1. The molecule has 1 aliphatic rings. The Kier molecular flexibility index (Phi) is 2.49. The zero-order chi connectivity index (χ0) is 9.10. The third kappa shape index (κ3) is 2.21. The topological polar surface area (TPSA) is 37.8 Å². The van der Waals surface area contributed by atoms with Crippen LogP contribution in [0.1, 0.15) is 12.2 Å². The number of rotatable bonds is 2. The Hall–Kier alpha value is -1.03. The van der Waals surface area contributed by atoms with Crippen LogP contribution in [0, 0.1) is 11.7 Å². The normalized spacial score (nSPS) is 22.1. The standard InChI is InChI=1S/C9H12FN3/c10-8-5-12-9(13-6-8)3-7-1-2-11-4-7/h5-7,11H,1-4H2/t7-/m1/s1. The Morgan fingerprint density at radius 1 is 1.46 bits per heavy atom. The van der Waals surface area contributed by atoms with Gasteiger partial charge >= 0.3 is 0 Å². The summed E-state index contributed by atoms with van der Waals surface area (Å²) in [6.07, 6.45) is 4.48. The second kappa shape index (κ2) is 3.79. The molecular formula is C9H12FN3. The van der Waals surface area contributed by atoms with Crippen LogP contribution in [0.25, 0.3) is 0 Å². The van der Waals surface area contributed by atoms with Gasteiger partial charge in [-0.25, -0.2) is 14.4 Å². The molecule has 1 fully saturated rings. The van der Waals surface area contributed by atoms with Crippen molar-refractivity contribution < 1.29 is 4.39 Å². The Bertz CT molecular complexity index is 267. The fourth-order valence-corrected chi connectivity index (χ4v) is 1.59. The Morgan fingerprint density at radius 2 is 2.23 bits per heavy atom. The molecule has 70 valence electrons. The van der Waals surface area contributed by atoms with Gasteiger partial charge in [0.2, 0.25) is 0 Å². The molecule has 0 radical (unpaired) electrons. The van der Waals surface area contributed by atoms with Gasteiger partial charge in [0.1, 0.15) is 5.82 Å². The van der Waals surface area contributed by atoms with Crippen molar-refractivity contribution in [2.75, 3.05) is 13.1 Å². The van der Waals surface area contributed by atoms with E-state index in [2.05, 4.69) is 15.3 Å². The van der Waals surface area contributed by atoms with Crippen LogP contribution < -0.4 is 5.32 Å². The molecule has 0 unspecified atom stereocenters. The average Bonchev–Trinajstić information content (AvgIpc) is 2.62. The van der Waals surface area contributed by atoms with Gasteiger partial charge in [-0.3, -0.25) is 0 Å². The molecule has 1 aromatic rings. The molecule has 1 aliphatic heterocycles. The number of nitrogens with zero attached hydrogens (tertiary/aromatic N) is 2. The number of hydrogen-bond acceptors (Lipinski definition) is 3. The van der Waals surface area contributed by atoms with Crippen molar-refractivity contribution in [1.29, 1.82) is 0 Å². The molecule has 1 N–H and O–H groups in total. The van der Waals surface area contributed by atoms with E-state index in [4.69, 9.17) is 0 Å². The number of nitrogens with one attached hydrogen (secondary N) is 1. The van der Waals surface area contributed by atoms with Crippen molar-refractivity contribution in [3.63, 3.8) is 0 Å². The molecule has 1 atom stereocenters. The largest absolute Gasteiger partial charge is 0.316 e. The summed E-state index contributed by atoms with van der Waals surface area (Å²) in [6.45, 7) is 2.10. The predicted octanol–water partition coefficient (Wildman–Crippen LogP) is 0.768. The lowest BCUT2D eigenvalue weighted by molar-refractivity contribution is 0.551. The maximum atomic E-state index is 12.5. The van der Waals surface area contributed by atoms with E-state index in [1.54, 1.807) is 0 Å². The fraction of sp³-hybridized carbons (Fsp3) is 0.556. The summed E-state index contributed by atoms with van der Waals surface area (Å²) in [5.41, 5.74) is 0. The molecular weight excluding hydrogens is 169 g/mol. The van der Waals surface area contributed by atoms with Crippen molar-refractivity contribution in [1.82, 2.24) is 15.3 Å². The first-order valence-corrected chi connectivity index (χ1v) is 4.52. The van der Waals surface area contributed by atoms with Gasteiger partial charge in [-0.1, -0.05) is 0 Å². The molecule has 4 heteroatoms. The molecule has 2 rings (SSSR count). The molecule has 0 aliphatic carbocycles. The SMILES string of the molecule is Fc1cnc(C[C@H]2CCNC2)nc1. The lowest BCUT2D eigenvalue weighted by atomic mass is 10.1. The van der Waals surface area contributed by atoms with Gasteiger partial charge in [-0.2, -0.15) is 0 Å². The van der Waals surface area contributed by atoms with Gasteiger partial charge < -0.3 is 5.32 Å². The zero-order valence-electron chi connectivity index (χ0n) is 7.33. The van der Waals surface area contributed by atoms with E-state index in [1.165, 1.54) is 18.8 Å². The van der Waals surface area contributed by atoms with Crippen molar-refractivity contribution in [2.24, 2.45) is 5.92 Å². The summed E-state index contributed by atoms with van der Waals surface area (Å²) < 4.78 is 12.5. The third-order valence-corrected chi connectivity index (χ3v) is 2.31. The smallest absolute Gasteiger partial charge is 0.159 e. The van der Waals surface area contributed by atoms with Crippen LogP contribution in [0.2, 0.25) is 0 Å². The first kappa shape index (κ1) is 8.56. The molecule has 0 aromatic carbocycles. The van der Waals surface area contributed by atoms with E-state index in [0.29, 0.717) is 5.92 Å². The minimum Gasteiger partial charge on any atom is -0.316 e. The average molecular weight is 181 g/mol. The van der Waals surface area contributed by atoms with Crippen molar-refractivity contribution in [3.8, 4) is 0 Å². The van der Waals surface area contributed by atoms with Crippen LogP contribution in [0.3, 0.4) is 0 Å². The zero-order valence-corrected chi connectivity index (χ0v) is 7.33. The Morgan fingerprint density at radius 3 is 2.85 bits per heavy atom. The van der Waals surface area contributed by atoms with Crippen LogP contribution in [-0.4, -0.2) is 23.1 Å².